The fourth-order valence-electron chi connectivity index (χ4n) is 5.26. The van der Waals surface area contributed by atoms with E-state index in [0.717, 1.165) is 25.8 Å². The van der Waals surface area contributed by atoms with Gasteiger partial charge in [0.25, 0.3) is 0 Å². The van der Waals surface area contributed by atoms with E-state index in [1.54, 1.807) is 0 Å². The van der Waals surface area contributed by atoms with Gasteiger partial charge in [-0.15, -0.1) is 0 Å². The smallest absolute Gasteiger partial charge is 0.0677 e. The first kappa shape index (κ1) is 19.9. The van der Waals surface area contributed by atoms with Gasteiger partial charge in [-0.2, -0.15) is 0 Å². The van der Waals surface area contributed by atoms with Crippen molar-refractivity contribution in [2.75, 3.05) is 0 Å². The number of benzene rings is 1. The second-order valence-corrected chi connectivity index (χ2v) is 8.90. The van der Waals surface area contributed by atoms with Crippen LogP contribution in [0.5, 0.6) is 0 Å². The number of hydrogen-bond donors (Lipinski definition) is 1. The van der Waals surface area contributed by atoms with Gasteiger partial charge in [0.2, 0.25) is 0 Å². The van der Waals surface area contributed by atoms with Gasteiger partial charge in [0.15, 0.2) is 0 Å². The normalized spacial score (nSPS) is 28.5. The van der Waals surface area contributed by atoms with Crippen LogP contribution in [0, 0.1) is 0 Å². The minimum Gasteiger partial charge on any atom is -0.390 e. The summed E-state index contributed by atoms with van der Waals surface area (Å²) in [6, 6.07) is 12.0. The molecule has 0 aliphatic carbocycles. The van der Waals surface area contributed by atoms with Crippen molar-refractivity contribution in [2.24, 2.45) is 0 Å². The predicted molar refractivity (Wildman–Crippen MR) is 110 cm³/mol. The molecule has 0 spiro atoms. The average molecular weight is 358 g/mol. The van der Waals surface area contributed by atoms with Crippen LogP contribution in [0.1, 0.15) is 96.0 Å². The van der Waals surface area contributed by atoms with Crippen molar-refractivity contribution in [2.45, 2.75) is 115 Å². The van der Waals surface area contributed by atoms with Crippen molar-refractivity contribution >= 4 is 0 Å². The first-order valence-electron chi connectivity index (χ1n) is 11.2. The lowest BCUT2D eigenvalue weighted by Gasteiger charge is -2.44. The van der Waals surface area contributed by atoms with Crippen LogP contribution in [-0.2, 0) is 6.54 Å². The summed E-state index contributed by atoms with van der Waals surface area (Å²) in [6.07, 6.45) is 16.3. The molecule has 3 rings (SSSR count). The predicted octanol–water partition coefficient (Wildman–Crippen LogP) is 6.08. The molecule has 2 fully saturated rings. The number of rotatable bonds is 11. The Balaban J connectivity index is 1.38. The standard InChI is InChI=1S/C24H39NO/c1-2-3-4-5-6-7-8-12-17-24(26)18-22-15-16-23(19-24)25(22)20-21-13-10-9-11-14-21/h9-11,13-14,22-23,26H,2-8,12,15-20H2,1H3. The van der Waals surface area contributed by atoms with E-state index in [4.69, 9.17) is 0 Å². The highest BCUT2D eigenvalue weighted by Crippen LogP contribution is 2.43. The first-order valence-corrected chi connectivity index (χ1v) is 11.2. The average Bonchev–Trinajstić information content (AvgIpc) is 2.89. The molecular weight excluding hydrogens is 318 g/mol. The minimum absolute atomic E-state index is 0.388. The van der Waals surface area contributed by atoms with Gasteiger partial charge in [-0.3, -0.25) is 4.90 Å². The molecule has 2 nitrogen and oxygen atoms in total. The fraction of sp³-hybridized carbons (Fsp3) is 0.750. The number of nitrogens with zero attached hydrogens (tertiary/aromatic N) is 1. The third-order valence-electron chi connectivity index (χ3n) is 6.71. The molecule has 0 aromatic heterocycles. The zero-order valence-electron chi connectivity index (χ0n) is 16.8. The molecule has 2 aliphatic rings. The molecule has 1 N–H and O–H groups in total. The van der Waals surface area contributed by atoms with E-state index in [0.29, 0.717) is 12.1 Å². The Bertz CT molecular complexity index is 500. The van der Waals surface area contributed by atoms with Crippen molar-refractivity contribution < 1.29 is 5.11 Å². The van der Waals surface area contributed by atoms with Crippen LogP contribution in [-0.4, -0.2) is 27.7 Å². The van der Waals surface area contributed by atoms with Gasteiger partial charge in [-0.1, -0.05) is 88.6 Å². The van der Waals surface area contributed by atoms with Crippen LogP contribution < -0.4 is 0 Å². The Hall–Kier alpha value is -0.860. The van der Waals surface area contributed by atoms with Gasteiger partial charge >= 0.3 is 0 Å². The molecule has 2 saturated heterocycles. The van der Waals surface area contributed by atoms with E-state index < -0.39 is 0 Å². The van der Waals surface area contributed by atoms with E-state index in [2.05, 4.69) is 42.2 Å². The van der Waals surface area contributed by atoms with Gasteiger partial charge in [-0.25, -0.2) is 0 Å². The molecule has 0 radical (unpaired) electrons. The maximum atomic E-state index is 11.2. The third kappa shape index (κ3) is 5.57. The quantitative estimate of drug-likeness (QED) is 0.485. The van der Waals surface area contributed by atoms with Crippen molar-refractivity contribution in [3.8, 4) is 0 Å². The van der Waals surface area contributed by atoms with Crippen LogP contribution in [0.3, 0.4) is 0 Å². The van der Waals surface area contributed by atoms with E-state index in [-0.39, 0.29) is 5.60 Å². The number of hydrogen-bond acceptors (Lipinski definition) is 2. The molecule has 2 unspecified atom stereocenters. The summed E-state index contributed by atoms with van der Waals surface area (Å²) in [5.74, 6) is 0. The Morgan fingerprint density at radius 3 is 2.08 bits per heavy atom. The van der Waals surface area contributed by atoms with Crippen LogP contribution in [0.25, 0.3) is 0 Å². The molecule has 1 aromatic carbocycles. The molecule has 2 bridgehead atoms. The maximum absolute atomic E-state index is 11.2. The molecule has 0 saturated carbocycles. The highest BCUT2D eigenvalue weighted by molar-refractivity contribution is 5.16. The summed E-state index contributed by atoms with van der Waals surface area (Å²) >= 11 is 0. The molecule has 2 atom stereocenters. The highest BCUT2D eigenvalue weighted by atomic mass is 16.3. The zero-order valence-corrected chi connectivity index (χ0v) is 16.8. The zero-order chi connectivity index (χ0) is 18.2. The Morgan fingerprint density at radius 1 is 0.885 bits per heavy atom. The summed E-state index contributed by atoms with van der Waals surface area (Å²) in [5, 5.41) is 11.2. The summed E-state index contributed by atoms with van der Waals surface area (Å²) in [4.78, 5) is 2.68. The van der Waals surface area contributed by atoms with Crippen LogP contribution in [0.2, 0.25) is 0 Å². The number of aliphatic hydroxyl groups is 1. The highest BCUT2D eigenvalue weighted by Gasteiger charge is 2.46. The molecular formula is C24H39NO. The van der Waals surface area contributed by atoms with Gasteiger partial charge in [0, 0.05) is 18.6 Å². The van der Waals surface area contributed by atoms with Gasteiger partial charge in [0.1, 0.15) is 0 Å². The van der Waals surface area contributed by atoms with Gasteiger partial charge in [0.05, 0.1) is 5.60 Å². The molecule has 1 aromatic rings. The van der Waals surface area contributed by atoms with Gasteiger partial charge < -0.3 is 5.11 Å². The Morgan fingerprint density at radius 2 is 1.46 bits per heavy atom. The Kier molecular flexibility index (Phi) is 7.57. The number of fused-ring (bicyclic) bond motifs is 2. The van der Waals surface area contributed by atoms with E-state index in [9.17, 15) is 5.11 Å². The molecule has 2 heterocycles. The fourth-order valence-corrected chi connectivity index (χ4v) is 5.26. The van der Waals surface area contributed by atoms with Crippen molar-refractivity contribution in [1.29, 1.82) is 0 Å². The summed E-state index contributed by atoms with van der Waals surface area (Å²) in [6.45, 7) is 3.34. The molecule has 26 heavy (non-hydrogen) atoms. The van der Waals surface area contributed by atoms with Crippen LogP contribution >= 0.6 is 0 Å². The molecule has 2 aliphatic heterocycles. The SMILES string of the molecule is CCCCCCCCCCC1(O)CC2CCC(C1)N2Cc1ccccc1. The second-order valence-electron chi connectivity index (χ2n) is 8.90. The lowest BCUT2D eigenvalue weighted by Crippen LogP contribution is -2.50. The maximum Gasteiger partial charge on any atom is 0.0677 e. The van der Waals surface area contributed by atoms with Crippen molar-refractivity contribution in [3.05, 3.63) is 35.9 Å². The van der Waals surface area contributed by atoms with Crippen molar-refractivity contribution in [3.63, 3.8) is 0 Å². The lowest BCUT2D eigenvalue weighted by molar-refractivity contribution is -0.0611. The number of piperidine rings is 1. The summed E-state index contributed by atoms with van der Waals surface area (Å²) in [5.41, 5.74) is 1.03. The number of unbranched alkanes of at least 4 members (excludes halogenated alkanes) is 7. The summed E-state index contributed by atoms with van der Waals surface area (Å²) < 4.78 is 0. The molecule has 0 amide bonds. The first-order chi connectivity index (χ1) is 12.7. The molecule has 2 heteroatoms. The van der Waals surface area contributed by atoms with Crippen LogP contribution in [0.15, 0.2) is 30.3 Å². The Labute approximate surface area is 161 Å². The lowest BCUT2D eigenvalue weighted by atomic mass is 9.82. The second kappa shape index (κ2) is 9.90. The van der Waals surface area contributed by atoms with E-state index in [1.807, 2.05) is 0 Å². The van der Waals surface area contributed by atoms with Gasteiger partial charge in [-0.05, 0) is 37.7 Å². The monoisotopic (exact) mass is 357 g/mol. The van der Waals surface area contributed by atoms with E-state index >= 15 is 0 Å². The summed E-state index contributed by atoms with van der Waals surface area (Å²) in [7, 11) is 0. The third-order valence-corrected chi connectivity index (χ3v) is 6.71. The minimum atomic E-state index is -0.388. The largest absolute Gasteiger partial charge is 0.390 e. The topological polar surface area (TPSA) is 23.5 Å². The van der Waals surface area contributed by atoms with Crippen LogP contribution in [0.4, 0.5) is 0 Å². The van der Waals surface area contributed by atoms with Crippen molar-refractivity contribution in [1.82, 2.24) is 4.90 Å². The van der Waals surface area contributed by atoms with E-state index in [1.165, 1.54) is 69.8 Å². The molecule has 146 valence electrons.